The number of carbonyl (C=O) groups is 2. The molecule has 0 bridgehead atoms. The minimum atomic E-state index is -1.48. The van der Waals surface area contributed by atoms with Crippen molar-refractivity contribution in [1.82, 2.24) is 10.6 Å². The second-order valence-corrected chi connectivity index (χ2v) is 4.93. The first-order valence-corrected chi connectivity index (χ1v) is 6.55. The van der Waals surface area contributed by atoms with Gasteiger partial charge in [-0.05, 0) is 42.5 Å². The largest absolute Gasteiger partial charge is 0.474 e. The van der Waals surface area contributed by atoms with E-state index < -0.39 is 11.9 Å². The number of aliphatic carboxylic acids is 1. The van der Waals surface area contributed by atoms with Crippen molar-refractivity contribution in [2.45, 2.75) is 12.3 Å². The van der Waals surface area contributed by atoms with Crippen molar-refractivity contribution < 1.29 is 19.1 Å². The molecule has 1 aliphatic heterocycles. The molecule has 1 amide bonds. The Morgan fingerprint density at radius 2 is 2.00 bits per heavy atom. The Morgan fingerprint density at radius 1 is 1.33 bits per heavy atom. The van der Waals surface area contributed by atoms with Gasteiger partial charge >= 0.3 is 11.9 Å². The van der Waals surface area contributed by atoms with Gasteiger partial charge in [0.15, 0.2) is 0 Å². The standard InChI is InChI=1S/C14H17FN2O3.ClH/c15-11-3-1-9(2-4-11)12-5-6-16-7-10(12)8-17-13(18)14(19)20;/h1-4,10,12,16H,5-8H2,(H,17,18)(H,19,20);1H/t10-,12+;/m0./s1. The van der Waals surface area contributed by atoms with Crippen molar-refractivity contribution in [3.8, 4) is 0 Å². The van der Waals surface area contributed by atoms with Crippen molar-refractivity contribution in [2.75, 3.05) is 19.6 Å². The van der Waals surface area contributed by atoms with E-state index in [1.807, 2.05) is 0 Å². The number of halogens is 2. The lowest BCUT2D eigenvalue weighted by atomic mass is 9.81. The SMILES string of the molecule is Cl.O=C(O)C(=O)NC[C@@H]1CNCC[C@@H]1c1ccc(F)cc1. The molecule has 0 aromatic heterocycles. The average molecular weight is 317 g/mol. The minimum absolute atomic E-state index is 0. The van der Waals surface area contributed by atoms with Crippen LogP contribution in [0.2, 0.25) is 0 Å². The van der Waals surface area contributed by atoms with E-state index in [-0.39, 0.29) is 30.1 Å². The minimum Gasteiger partial charge on any atom is -0.474 e. The van der Waals surface area contributed by atoms with Gasteiger partial charge in [-0.15, -0.1) is 12.4 Å². The number of hydrogen-bond donors (Lipinski definition) is 3. The predicted molar refractivity (Wildman–Crippen MR) is 78.0 cm³/mol. The van der Waals surface area contributed by atoms with Gasteiger partial charge in [0.25, 0.3) is 0 Å². The predicted octanol–water partition coefficient (Wildman–Crippen LogP) is 1.14. The van der Waals surface area contributed by atoms with Gasteiger partial charge in [-0.2, -0.15) is 0 Å². The van der Waals surface area contributed by atoms with Crippen LogP contribution in [0.15, 0.2) is 24.3 Å². The molecular formula is C14H18ClFN2O3. The molecule has 0 radical (unpaired) electrons. The molecule has 5 nitrogen and oxygen atoms in total. The van der Waals surface area contributed by atoms with Crippen molar-refractivity contribution >= 4 is 24.3 Å². The van der Waals surface area contributed by atoms with Crippen molar-refractivity contribution in [2.24, 2.45) is 5.92 Å². The quantitative estimate of drug-likeness (QED) is 0.731. The Morgan fingerprint density at radius 3 is 2.62 bits per heavy atom. The summed E-state index contributed by atoms with van der Waals surface area (Å²) >= 11 is 0. The van der Waals surface area contributed by atoms with Crippen LogP contribution in [0, 0.1) is 11.7 Å². The molecule has 1 aromatic carbocycles. The average Bonchev–Trinajstić information content (AvgIpc) is 2.46. The third-order valence-corrected chi connectivity index (χ3v) is 3.62. The molecule has 2 atom stereocenters. The van der Waals surface area contributed by atoms with Crippen LogP contribution in [-0.4, -0.2) is 36.6 Å². The first kappa shape index (κ1) is 17.4. The summed E-state index contributed by atoms with van der Waals surface area (Å²) in [4.78, 5) is 21.6. The van der Waals surface area contributed by atoms with E-state index in [1.54, 1.807) is 12.1 Å². The van der Waals surface area contributed by atoms with E-state index >= 15 is 0 Å². The summed E-state index contributed by atoms with van der Waals surface area (Å²) in [6.07, 6.45) is 0.874. The molecule has 116 valence electrons. The molecule has 1 aromatic rings. The van der Waals surface area contributed by atoms with Crippen LogP contribution < -0.4 is 10.6 Å². The fourth-order valence-corrected chi connectivity index (χ4v) is 2.59. The Labute approximate surface area is 128 Å². The van der Waals surface area contributed by atoms with Crippen LogP contribution >= 0.6 is 12.4 Å². The topological polar surface area (TPSA) is 78.4 Å². The second kappa shape index (κ2) is 7.95. The van der Waals surface area contributed by atoms with E-state index in [2.05, 4.69) is 10.6 Å². The summed E-state index contributed by atoms with van der Waals surface area (Å²) in [5.41, 5.74) is 1.02. The fraction of sp³-hybridized carbons (Fsp3) is 0.429. The Kier molecular flexibility index (Phi) is 6.58. The molecular weight excluding hydrogens is 299 g/mol. The highest BCUT2D eigenvalue weighted by Gasteiger charge is 2.27. The highest BCUT2D eigenvalue weighted by molar-refractivity contribution is 6.31. The van der Waals surface area contributed by atoms with Crippen LogP contribution in [0.1, 0.15) is 17.9 Å². The lowest BCUT2D eigenvalue weighted by Crippen LogP contribution is -2.43. The van der Waals surface area contributed by atoms with E-state index in [0.29, 0.717) is 13.1 Å². The zero-order valence-electron chi connectivity index (χ0n) is 11.3. The number of piperidine rings is 1. The smallest absolute Gasteiger partial charge is 0.394 e. The molecule has 1 aliphatic rings. The fourth-order valence-electron chi connectivity index (χ4n) is 2.59. The summed E-state index contributed by atoms with van der Waals surface area (Å²) in [5.74, 6) is -2.47. The maximum atomic E-state index is 13.0. The number of nitrogens with one attached hydrogen (secondary N) is 2. The monoisotopic (exact) mass is 316 g/mol. The third-order valence-electron chi connectivity index (χ3n) is 3.62. The molecule has 0 unspecified atom stereocenters. The Bertz CT molecular complexity index is 495. The number of carbonyl (C=O) groups excluding carboxylic acids is 1. The lowest BCUT2D eigenvalue weighted by molar-refractivity contribution is -0.150. The highest BCUT2D eigenvalue weighted by Crippen LogP contribution is 2.30. The van der Waals surface area contributed by atoms with Gasteiger partial charge in [-0.25, -0.2) is 9.18 Å². The van der Waals surface area contributed by atoms with Gasteiger partial charge in [-0.1, -0.05) is 12.1 Å². The van der Waals surface area contributed by atoms with Crippen LogP contribution in [0.3, 0.4) is 0 Å². The zero-order valence-corrected chi connectivity index (χ0v) is 12.2. The van der Waals surface area contributed by atoms with E-state index in [0.717, 1.165) is 18.5 Å². The van der Waals surface area contributed by atoms with Crippen LogP contribution in [-0.2, 0) is 9.59 Å². The maximum Gasteiger partial charge on any atom is 0.394 e. The summed E-state index contributed by atoms with van der Waals surface area (Å²) < 4.78 is 13.0. The highest BCUT2D eigenvalue weighted by atomic mass is 35.5. The zero-order chi connectivity index (χ0) is 14.5. The first-order valence-electron chi connectivity index (χ1n) is 6.55. The molecule has 3 N–H and O–H groups in total. The Balaban J connectivity index is 0.00000220. The van der Waals surface area contributed by atoms with Gasteiger partial charge < -0.3 is 15.7 Å². The number of hydrogen-bond acceptors (Lipinski definition) is 3. The molecule has 2 rings (SSSR count). The number of carboxylic acid groups (broad SMARTS) is 1. The van der Waals surface area contributed by atoms with Gasteiger partial charge in [0.2, 0.25) is 0 Å². The van der Waals surface area contributed by atoms with E-state index in [4.69, 9.17) is 5.11 Å². The lowest BCUT2D eigenvalue weighted by Gasteiger charge is -2.32. The molecule has 21 heavy (non-hydrogen) atoms. The molecule has 0 aliphatic carbocycles. The van der Waals surface area contributed by atoms with Gasteiger partial charge in [0, 0.05) is 13.1 Å². The molecule has 0 saturated carbocycles. The first-order chi connectivity index (χ1) is 9.58. The summed E-state index contributed by atoms with van der Waals surface area (Å²) in [5, 5.41) is 14.2. The molecule has 1 heterocycles. The van der Waals surface area contributed by atoms with Crippen molar-refractivity contribution in [3.63, 3.8) is 0 Å². The Hall–Kier alpha value is -1.66. The summed E-state index contributed by atoms with van der Waals surface area (Å²) in [7, 11) is 0. The number of carboxylic acids is 1. The van der Waals surface area contributed by atoms with E-state index in [9.17, 15) is 14.0 Å². The molecule has 7 heteroatoms. The van der Waals surface area contributed by atoms with Gasteiger partial charge in [0.1, 0.15) is 5.82 Å². The van der Waals surface area contributed by atoms with Gasteiger partial charge in [-0.3, -0.25) is 4.79 Å². The maximum absolute atomic E-state index is 13.0. The van der Waals surface area contributed by atoms with Crippen LogP contribution in [0.5, 0.6) is 0 Å². The van der Waals surface area contributed by atoms with Crippen molar-refractivity contribution in [1.29, 1.82) is 0 Å². The molecule has 1 fully saturated rings. The van der Waals surface area contributed by atoms with Crippen LogP contribution in [0.4, 0.5) is 4.39 Å². The van der Waals surface area contributed by atoms with Crippen molar-refractivity contribution in [3.05, 3.63) is 35.6 Å². The van der Waals surface area contributed by atoms with Gasteiger partial charge in [0.05, 0.1) is 0 Å². The summed E-state index contributed by atoms with van der Waals surface area (Å²) in [6, 6.07) is 6.34. The van der Waals surface area contributed by atoms with E-state index in [1.165, 1.54) is 12.1 Å². The third kappa shape index (κ3) is 4.68. The molecule has 1 saturated heterocycles. The molecule has 0 spiro atoms. The number of rotatable bonds is 3. The summed E-state index contributed by atoms with van der Waals surface area (Å²) in [6.45, 7) is 1.84. The normalized spacial score (nSPS) is 21.2. The van der Waals surface area contributed by atoms with Crippen LogP contribution in [0.25, 0.3) is 0 Å². The second-order valence-electron chi connectivity index (χ2n) is 4.93. The number of amides is 1. The number of benzene rings is 1.